The highest BCUT2D eigenvalue weighted by Gasteiger charge is 2.66. The molecular formula is C32H32N2O4. The molecule has 194 valence electrons. The number of benzene rings is 2. The number of carbonyl (C=O) groups excluding carboxylic acids is 3. The molecule has 2 aromatic rings. The van der Waals surface area contributed by atoms with Crippen molar-refractivity contribution in [2.45, 2.75) is 56.0 Å². The average molecular weight is 509 g/mol. The van der Waals surface area contributed by atoms with Gasteiger partial charge in [0.2, 0.25) is 0 Å². The number of nitrogens with one attached hydrogen (secondary N) is 1. The van der Waals surface area contributed by atoms with Crippen molar-refractivity contribution in [3.05, 3.63) is 107 Å². The normalized spacial score (nSPS) is 25.7. The van der Waals surface area contributed by atoms with Crippen LogP contribution in [0.3, 0.4) is 0 Å². The Hall–Kier alpha value is -3.93. The van der Waals surface area contributed by atoms with Gasteiger partial charge in [0.05, 0.1) is 12.5 Å². The maximum absolute atomic E-state index is 14.1. The molecular weight excluding hydrogens is 476 g/mol. The molecule has 1 fully saturated rings. The van der Waals surface area contributed by atoms with Crippen LogP contribution in [0.2, 0.25) is 0 Å². The minimum atomic E-state index is -1.22. The maximum Gasteiger partial charge on any atom is 0.334 e. The largest absolute Gasteiger partial charge is 0.466 e. The van der Waals surface area contributed by atoms with Crippen molar-refractivity contribution in [3.63, 3.8) is 0 Å². The summed E-state index contributed by atoms with van der Waals surface area (Å²) >= 11 is 0. The van der Waals surface area contributed by atoms with Crippen LogP contribution in [-0.4, -0.2) is 41.5 Å². The number of esters is 1. The van der Waals surface area contributed by atoms with Crippen molar-refractivity contribution in [1.29, 1.82) is 0 Å². The topological polar surface area (TPSA) is 75.7 Å². The van der Waals surface area contributed by atoms with Crippen molar-refractivity contribution >= 4 is 17.9 Å². The lowest BCUT2D eigenvalue weighted by molar-refractivity contribution is -0.137. The molecule has 1 spiro atoms. The first-order valence-electron chi connectivity index (χ1n) is 13.4. The van der Waals surface area contributed by atoms with E-state index in [1.165, 1.54) is 12.0 Å². The van der Waals surface area contributed by atoms with E-state index in [-0.39, 0.29) is 11.9 Å². The molecule has 4 aliphatic carbocycles. The zero-order valence-electron chi connectivity index (χ0n) is 21.8. The highest BCUT2D eigenvalue weighted by Crippen LogP contribution is 2.63. The summed E-state index contributed by atoms with van der Waals surface area (Å²) in [6.45, 7) is 1.81. The van der Waals surface area contributed by atoms with Crippen LogP contribution in [0.25, 0.3) is 0 Å². The number of hydrogen-bond acceptors (Lipinski definition) is 4. The summed E-state index contributed by atoms with van der Waals surface area (Å²) in [5, 5.41) is 3.15. The number of ether oxygens (including phenoxy) is 1. The first-order chi connectivity index (χ1) is 18.4. The lowest BCUT2D eigenvalue weighted by Gasteiger charge is -2.55. The fraction of sp³-hybridized carbons (Fsp3) is 0.344. The Morgan fingerprint density at radius 2 is 1.55 bits per heavy atom. The number of urea groups is 1. The van der Waals surface area contributed by atoms with Crippen molar-refractivity contribution in [1.82, 2.24) is 10.2 Å². The van der Waals surface area contributed by atoms with Gasteiger partial charge in [0, 0.05) is 23.1 Å². The fourth-order valence-electron chi connectivity index (χ4n) is 7.28. The Kier molecular flexibility index (Phi) is 5.86. The molecule has 5 aliphatic rings. The predicted molar refractivity (Wildman–Crippen MR) is 144 cm³/mol. The zero-order chi connectivity index (χ0) is 26.5. The molecule has 7 rings (SSSR count). The van der Waals surface area contributed by atoms with Crippen LogP contribution in [-0.2, 0) is 19.7 Å². The third-order valence-corrected chi connectivity index (χ3v) is 8.80. The number of methoxy groups -OCH3 is 1. The number of imide groups is 1. The summed E-state index contributed by atoms with van der Waals surface area (Å²) in [5.41, 5.74) is 1.62. The van der Waals surface area contributed by atoms with Crippen LogP contribution in [0.5, 0.6) is 0 Å². The molecule has 6 nitrogen and oxygen atoms in total. The van der Waals surface area contributed by atoms with Gasteiger partial charge in [-0.2, -0.15) is 0 Å². The molecule has 1 aliphatic heterocycles. The van der Waals surface area contributed by atoms with Crippen LogP contribution < -0.4 is 5.32 Å². The molecule has 38 heavy (non-hydrogen) atoms. The molecule has 1 N–H and O–H groups in total. The summed E-state index contributed by atoms with van der Waals surface area (Å²) in [4.78, 5) is 42.6. The van der Waals surface area contributed by atoms with Gasteiger partial charge in [-0.15, -0.1) is 0 Å². The van der Waals surface area contributed by atoms with E-state index in [0.717, 1.165) is 48.8 Å². The third kappa shape index (κ3) is 3.29. The standard InChI is InChI=1S/C32H32N2O4/c1-21-27-31(34(28(21)35)30(37)33-24-16-10-5-11-17-24)19-18-26(25(20-31)29(36)38-2)32(27,22-12-6-3-7-13-22)23-14-8-4-9-15-23/h3-4,6-9,12-15,18-20,24,26H,5,10-11,16-17H2,1-2H3,(H,33,37). The van der Waals surface area contributed by atoms with Gasteiger partial charge in [0.15, 0.2) is 0 Å². The van der Waals surface area contributed by atoms with E-state index in [0.29, 0.717) is 11.1 Å². The number of hydrogen-bond donors (Lipinski definition) is 1. The second-order valence-electron chi connectivity index (χ2n) is 10.7. The van der Waals surface area contributed by atoms with E-state index < -0.39 is 28.9 Å². The Morgan fingerprint density at radius 1 is 0.947 bits per heavy atom. The summed E-state index contributed by atoms with van der Waals surface area (Å²) in [7, 11) is 1.37. The Balaban J connectivity index is 1.61. The van der Waals surface area contributed by atoms with Crippen LogP contribution in [0.15, 0.2) is 95.6 Å². The van der Waals surface area contributed by atoms with Crippen molar-refractivity contribution in [2.75, 3.05) is 7.11 Å². The zero-order valence-corrected chi connectivity index (χ0v) is 21.8. The van der Waals surface area contributed by atoms with Crippen molar-refractivity contribution < 1.29 is 19.1 Å². The summed E-state index contributed by atoms with van der Waals surface area (Å²) in [5.74, 6) is -1.21. The van der Waals surface area contributed by atoms with E-state index >= 15 is 0 Å². The number of allylic oxidation sites excluding steroid dienone is 1. The van der Waals surface area contributed by atoms with Crippen molar-refractivity contribution in [2.24, 2.45) is 5.92 Å². The van der Waals surface area contributed by atoms with Crippen molar-refractivity contribution in [3.8, 4) is 0 Å². The van der Waals surface area contributed by atoms with Crippen LogP contribution in [0.1, 0.15) is 50.2 Å². The SMILES string of the molecule is COC(=O)C1=CC23C=CC1C(c1ccccc1)(c1ccccc1)C2=C(C)C(=O)N3C(=O)NC1CCCCC1. The van der Waals surface area contributed by atoms with Crippen LogP contribution in [0, 0.1) is 5.92 Å². The maximum atomic E-state index is 14.1. The smallest absolute Gasteiger partial charge is 0.334 e. The predicted octanol–water partition coefficient (Wildman–Crippen LogP) is 5.21. The first-order valence-corrected chi connectivity index (χ1v) is 13.4. The van der Waals surface area contributed by atoms with E-state index in [1.807, 2.05) is 79.7 Å². The Morgan fingerprint density at radius 3 is 2.13 bits per heavy atom. The highest BCUT2D eigenvalue weighted by molar-refractivity contribution is 6.11. The van der Waals surface area contributed by atoms with Crippen LogP contribution >= 0.6 is 0 Å². The number of amides is 3. The minimum Gasteiger partial charge on any atom is -0.466 e. The molecule has 0 saturated heterocycles. The molecule has 0 aromatic heterocycles. The second kappa shape index (κ2) is 9.12. The van der Waals surface area contributed by atoms with E-state index in [1.54, 1.807) is 6.08 Å². The summed E-state index contributed by atoms with van der Waals surface area (Å²) < 4.78 is 5.26. The third-order valence-electron chi connectivity index (χ3n) is 8.80. The lowest BCUT2D eigenvalue weighted by atomic mass is 9.49. The van der Waals surface area contributed by atoms with E-state index in [2.05, 4.69) is 5.32 Å². The van der Waals surface area contributed by atoms with Gasteiger partial charge in [-0.3, -0.25) is 4.79 Å². The number of carbonyl (C=O) groups is 3. The molecule has 3 amide bonds. The molecule has 0 radical (unpaired) electrons. The summed E-state index contributed by atoms with van der Waals surface area (Å²) in [6.07, 6.45) is 10.8. The van der Waals surface area contributed by atoms with Gasteiger partial charge in [-0.25, -0.2) is 14.5 Å². The fourth-order valence-corrected chi connectivity index (χ4v) is 7.28. The number of rotatable bonds is 4. The second-order valence-corrected chi connectivity index (χ2v) is 10.7. The molecule has 6 heteroatoms. The molecule has 2 bridgehead atoms. The average Bonchev–Trinajstić information content (AvgIpc) is 3.19. The molecule has 2 atom stereocenters. The van der Waals surface area contributed by atoms with Crippen LogP contribution in [0.4, 0.5) is 4.79 Å². The quantitative estimate of drug-likeness (QED) is 0.454. The van der Waals surface area contributed by atoms with Gasteiger partial charge in [0.25, 0.3) is 5.91 Å². The van der Waals surface area contributed by atoms with Gasteiger partial charge >= 0.3 is 12.0 Å². The molecule has 2 aromatic carbocycles. The molecule has 1 saturated carbocycles. The highest BCUT2D eigenvalue weighted by atomic mass is 16.5. The monoisotopic (exact) mass is 508 g/mol. The van der Waals surface area contributed by atoms with Gasteiger partial charge < -0.3 is 10.1 Å². The van der Waals surface area contributed by atoms with E-state index in [9.17, 15) is 14.4 Å². The Bertz CT molecular complexity index is 1350. The first kappa shape index (κ1) is 24.4. The van der Waals surface area contributed by atoms with Gasteiger partial charge in [0.1, 0.15) is 5.54 Å². The molecule has 1 heterocycles. The molecule has 2 unspecified atom stereocenters. The minimum absolute atomic E-state index is 0.0331. The lowest BCUT2D eigenvalue weighted by Crippen LogP contribution is -2.62. The van der Waals surface area contributed by atoms with Gasteiger partial charge in [-0.05, 0) is 42.5 Å². The number of nitrogens with zero attached hydrogens (tertiary/aromatic N) is 1. The van der Waals surface area contributed by atoms with E-state index in [4.69, 9.17) is 4.74 Å². The Labute approximate surface area is 223 Å². The van der Waals surface area contributed by atoms with Gasteiger partial charge in [-0.1, -0.05) is 92.1 Å². The summed E-state index contributed by atoms with van der Waals surface area (Å²) in [6, 6.07) is 19.6.